The molecule has 2 heterocycles. The van der Waals surface area contributed by atoms with E-state index in [4.69, 9.17) is 15.7 Å². The number of rotatable bonds is 4. The van der Waals surface area contributed by atoms with E-state index in [1.807, 2.05) is 12.1 Å². The molecule has 7 heteroatoms. The molecule has 0 saturated carbocycles. The number of aromatic nitrogens is 1. The number of hydrogen-bond acceptors (Lipinski definition) is 5. The van der Waals surface area contributed by atoms with Gasteiger partial charge in [0.05, 0.1) is 0 Å². The van der Waals surface area contributed by atoms with Crippen LogP contribution in [0.15, 0.2) is 29.7 Å². The molecular formula is C13H18N4O3. The monoisotopic (exact) mass is 278 g/mol. The summed E-state index contributed by atoms with van der Waals surface area (Å²) in [7, 11) is 0. The summed E-state index contributed by atoms with van der Waals surface area (Å²) in [5.74, 6) is -0.305. The van der Waals surface area contributed by atoms with Crippen molar-refractivity contribution in [2.24, 2.45) is 16.3 Å². The van der Waals surface area contributed by atoms with Gasteiger partial charge in [0.15, 0.2) is 5.84 Å². The summed E-state index contributed by atoms with van der Waals surface area (Å²) < 4.78 is 5.25. The second-order valence-electron chi connectivity index (χ2n) is 4.72. The molecule has 108 valence electrons. The van der Waals surface area contributed by atoms with E-state index in [2.05, 4.69) is 15.5 Å². The number of amides is 1. The minimum Gasteiger partial charge on any atom is -0.409 e. The number of oxime groups is 1. The van der Waals surface area contributed by atoms with Gasteiger partial charge in [-0.1, -0.05) is 5.16 Å². The fourth-order valence-corrected chi connectivity index (χ4v) is 2.27. The minimum atomic E-state index is -0.986. The Morgan fingerprint density at radius 2 is 2.10 bits per heavy atom. The van der Waals surface area contributed by atoms with Crippen molar-refractivity contribution in [3.8, 4) is 0 Å². The van der Waals surface area contributed by atoms with Gasteiger partial charge in [-0.05, 0) is 30.5 Å². The highest BCUT2D eigenvalue weighted by atomic mass is 16.5. The first kappa shape index (κ1) is 14.3. The van der Waals surface area contributed by atoms with Crippen LogP contribution < -0.4 is 11.1 Å². The SMILES string of the molecule is NC(=NO)C1(C(=O)NCc2ccncc2)CCOCC1. The normalized spacial score (nSPS) is 18.5. The molecule has 20 heavy (non-hydrogen) atoms. The molecule has 1 aromatic heterocycles. The summed E-state index contributed by atoms with van der Waals surface area (Å²) in [5, 5.41) is 14.8. The Kier molecular flexibility index (Phi) is 4.52. The lowest BCUT2D eigenvalue weighted by Crippen LogP contribution is -2.52. The fourth-order valence-electron chi connectivity index (χ4n) is 2.27. The lowest BCUT2D eigenvalue weighted by atomic mass is 9.78. The average molecular weight is 278 g/mol. The maximum Gasteiger partial charge on any atom is 0.234 e. The van der Waals surface area contributed by atoms with Crippen LogP contribution in [0.3, 0.4) is 0 Å². The molecule has 4 N–H and O–H groups in total. The molecule has 0 unspecified atom stereocenters. The number of nitrogens with zero attached hydrogens (tertiary/aromatic N) is 2. The van der Waals surface area contributed by atoms with E-state index in [9.17, 15) is 4.79 Å². The van der Waals surface area contributed by atoms with Crippen molar-refractivity contribution in [1.82, 2.24) is 10.3 Å². The van der Waals surface area contributed by atoms with E-state index >= 15 is 0 Å². The van der Waals surface area contributed by atoms with E-state index in [0.717, 1.165) is 5.56 Å². The van der Waals surface area contributed by atoms with Crippen molar-refractivity contribution in [2.45, 2.75) is 19.4 Å². The van der Waals surface area contributed by atoms with Crippen LogP contribution in [0.25, 0.3) is 0 Å². The van der Waals surface area contributed by atoms with Crippen LogP contribution in [0, 0.1) is 5.41 Å². The third-order valence-electron chi connectivity index (χ3n) is 3.58. The zero-order valence-electron chi connectivity index (χ0n) is 11.1. The zero-order chi connectivity index (χ0) is 14.4. The van der Waals surface area contributed by atoms with Gasteiger partial charge >= 0.3 is 0 Å². The maximum atomic E-state index is 12.4. The highest BCUT2D eigenvalue weighted by Crippen LogP contribution is 2.31. The summed E-state index contributed by atoms with van der Waals surface area (Å²) in [6.45, 7) is 1.21. The van der Waals surface area contributed by atoms with Gasteiger partial charge in [-0.25, -0.2) is 0 Å². The van der Waals surface area contributed by atoms with Crippen LogP contribution in [-0.4, -0.2) is 35.1 Å². The Labute approximate surface area is 116 Å². The highest BCUT2D eigenvalue weighted by Gasteiger charge is 2.44. The quantitative estimate of drug-likeness (QED) is 0.316. The van der Waals surface area contributed by atoms with Crippen LogP contribution in [0.2, 0.25) is 0 Å². The summed E-state index contributed by atoms with van der Waals surface area (Å²) in [6.07, 6.45) is 4.14. The van der Waals surface area contributed by atoms with Gasteiger partial charge in [0.25, 0.3) is 0 Å². The first-order chi connectivity index (χ1) is 9.69. The summed E-state index contributed by atoms with van der Waals surface area (Å²) >= 11 is 0. The van der Waals surface area contributed by atoms with E-state index in [0.29, 0.717) is 32.6 Å². The molecule has 2 rings (SSSR count). The predicted octanol–water partition coefficient (Wildman–Crippen LogP) is 0.241. The number of ether oxygens (including phenoxy) is 1. The Balaban J connectivity index is 2.07. The van der Waals surface area contributed by atoms with E-state index in [1.54, 1.807) is 12.4 Å². The minimum absolute atomic E-state index is 0.0620. The molecule has 1 saturated heterocycles. The Morgan fingerprint density at radius 3 is 2.70 bits per heavy atom. The fraction of sp³-hybridized carbons (Fsp3) is 0.462. The number of nitrogens with two attached hydrogens (primary N) is 1. The molecule has 1 aliphatic heterocycles. The van der Waals surface area contributed by atoms with Gasteiger partial charge in [-0.3, -0.25) is 9.78 Å². The van der Waals surface area contributed by atoms with Gasteiger partial charge in [0.2, 0.25) is 5.91 Å². The van der Waals surface area contributed by atoms with Gasteiger partial charge in [0.1, 0.15) is 5.41 Å². The molecule has 0 atom stereocenters. The first-order valence-corrected chi connectivity index (χ1v) is 6.42. The van der Waals surface area contributed by atoms with Crippen molar-refractivity contribution < 1.29 is 14.7 Å². The molecule has 1 aliphatic rings. The smallest absolute Gasteiger partial charge is 0.234 e. The van der Waals surface area contributed by atoms with Crippen LogP contribution >= 0.6 is 0 Å². The number of pyridine rings is 1. The van der Waals surface area contributed by atoms with Gasteiger partial charge in [-0.15, -0.1) is 0 Å². The van der Waals surface area contributed by atoms with E-state index < -0.39 is 5.41 Å². The van der Waals surface area contributed by atoms with Crippen molar-refractivity contribution in [3.63, 3.8) is 0 Å². The van der Waals surface area contributed by atoms with Crippen LogP contribution in [0.4, 0.5) is 0 Å². The molecule has 1 amide bonds. The summed E-state index contributed by atoms with van der Waals surface area (Å²) in [4.78, 5) is 16.4. The van der Waals surface area contributed by atoms with Crippen molar-refractivity contribution >= 4 is 11.7 Å². The van der Waals surface area contributed by atoms with Crippen molar-refractivity contribution in [2.75, 3.05) is 13.2 Å². The van der Waals surface area contributed by atoms with Crippen molar-refractivity contribution in [3.05, 3.63) is 30.1 Å². The molecular weight excluding hydrogens is 260 g/mol. The number of amidine groups is 1. The predicted molar refractivity (Wildman–Crippen MR) is 72.0 cm³/mol. The molecule has 7 nitrogen and oxygen atoms in total. The highest BCUT2D eigenvalue weighted by molar-refractivity contribution is 6.06. The number of hydrogen-bond donors (Lipinski definition) is 3. The Hall–Kier alpha value is -2.15. The molecule has 1 fully saturated rings. The summed E-state index contributed by atoms with van der Waals surface area (Å²) in [5.41, 5.74) is 5.68. The van der Waals surface area contributed by atoms with Gasteiger partial charge < -0.3 is 21.0 Å². The standard InChI is InChI=1S/C13H18N4O3/c14-11(17-19)13(3-7-20-8-4-13)12(18)16-9-10-1-5-15-6-2-10/h1-2,5-6,19H,3-4,7-9H2,(H2,14,17)(H,16,18). The number of nitrogens with one attached hydrogen (secondary N) is 1. The second kappa shape index (κ2) is 6.33. The largest absolute Gasteiger partial charge is 0.409 e. The van der Waals surface area contributed by atoms with Gasteiger partial charge in [0, 0.05) is 32.2 Å². The molecule has 0 bridgehead atoms. The van der Waals surface area contributed by atoms with Gasteiger partial charge in [-0.2, -0.15) is 0 Å². The molecule has 0 aliphatic carbocycles. The Morgan fingerprint density at radius 1 is 1.45 bits per heavy atom. The maximum absolute atomic E-state index is 12.4. The first-order valence-electron chi connectivity index (χ1n) is 6.42. The summed E-state index contributed by atoms with van der Waals surface area (Å²) in [6, 6.07) is 3.64. The second-order valence-corrected chi connectivity index (χ2v) is 4.72. The third kappa shape index (κ3) is 2.88. The topological polar surface area (TPSA) is 110 Å². The molecule has 1 aromatic rings. The lowest BCUT2D eigenvalue weighted by molar-refractivity contribution is -0.131. The third-order valence-corrected chi connectivity index (χ3v) is 3.58. The molecule has 0 aromatic carbocycles. The average Bonchev–Trinajstić information content (AvgIpc) is 2.53. The lowest BCUT2D eigenvalue weighted by Gasteiger charge is -2.34. The van der Waals surface area contributed by atoms with Crippen LogP contribution in [-0.2, 0) is 16.1 Å². The number of carbonyl (C=O) groups is 1. The number of carbonyl (C=O) groups excluding carboxylic acids is 1. The van der Waals surface area contributed by atoms with Crippen LogP contribution in [0.5, 0.6) is 0 Å². The Bertz CT molecular complexity index is 484. The van der Waals surface area contributed by atoms with Crippen LogP contribution in [0.1, 0.15) is 18.4 Å². The van der Waals surface area contributed by atoms with Crippen molar-refractivity contribution in [1.29, 1.82) is 0 Å². The van der Waals surface area contributed by atoms with E-state index in [1.165, 1.54) is 0 Å². The molecule has 0 spiro atoms. The zero-order valence-corrected chi connectivity index (χ0v) is 11.1. The molecule has 0 radical (unpaired) electrons. The van der Waals surface area contributed by atoms with E-state index in [-0.39, 0.29) is 11.7 Å².